The molecule has 0 aliphatic heterocycles. The van der Waals surface area contributed by atoms with Crippen LogP contribution in [0.4, 0.5) is 4.39 Å². The molecule has 2 heterocycles. The summed E-state index contributed by atoms with van der Waals surface area (Å²) in [5.74, 6) is 2.19. The van der Waals surface area contributed by atoms with Gasteiger partial charge in [-0.2, -0.15) is 0 Å². The zero-order valence-corrected chi connectivity index (χ0v) is 18.0. The number of rotatable bonds is 6. The number of pyridine rings is 1. The van der Waals surface area contributed by atoms with Crippen molar-refractivity contribution in [3.63, 3.8) is 0 Å². The van der Waals surface area contributed by atoms with Crippen molar-refractivity contribution in [2.75, 3.05) is 0 Å². The minimum absolute atomic E-state index is 0.326. The van der Waals surface area contributed by atoms with E-state index in [4.69, 9.17) is 14.1 Å². The number of aryl methyl sites for hydroxylation is 1. The molecular formula is C28H21FN2O2. The Morgan fingerprint density at radius 3 is 2.21 bits per heavy atom. The van der Waals surface area contributed by atoms with Crippen LogP contribution >= 0.6 is 0 Å². The summed E-state index contributed by atoms with van der Waals surface area (Å²) < 4.78 is 25.0. The van der Waals surface area contributed by atoms with Crippen LogP contribution in [0.5, 0.6) is 11.5 Å². The molecule has 0 N–H and O–H groups in total. The van der Waals surface area contributed by atoms with Gasteiger partial charge in [-0.15, -0.1) is 0 Å². The summed E-state index contributed by atoms with van der Waals surface area (Å²) in [5.41, 5.74) is 5.14. The Morgan fingerprint density at radius 2 is 1.48 bits per heavy atom. The van der Waals surface area contributed by atoms with Crippen LogP contribution in [0.15, 0.2) is 102 Å². The average Bonchev–Trinajstić information content (AvgIpc) is 3.21. The lowest BCUT2D eigenvalue weighted by molar-refractivity contribution is 0.476. The highest BCUT2D eigenvalue weighted by Crippen LogP contribution is 2.27. The Kier molecular flexibility index (Phi) is 5.68. The van der Waals surface area contributed by atoms with Crippen molar-refractivity contribution in [2.45, 2.75) is 13.3 Å². The maximum absolute atomic E-state index is 13.3. The van der Waals surface area contributed by atoms with Gasteiger partial charge < -0.3 is 9.15 Å². The smallest absolute Gasteiger partial charge is 0.226 e. The van der Waals surface area contributed by atoms with Gasteiger partial charge in [0.25, 0.3) is 0 Å². The van der Waals surface area contributed by atoms with Crippen LogP contribution < -0.4 is 4.74 Å². The van der Waals surface area contributed by atoms with Crippen molar-refractivity contribution in [3.8, 4) is 34.1 Å². The fourth-order valence-electron chi connectivity index (χ4n) is 3.60. The second-order valence-corrected chi connectivity index (χ2v) is 7.72. The van der Waals surface area contributed by atoms with E-state index in [1.807, 2.05) is 55.5 Å². The molecule has 0 spiro atoms. The zero-order chi connectivity index (χ0) is 22.6. The maximum atomic E-state index is 13.3. The van der Waals surface area contributed by atoms with Crippen LogP contribution in [0, 0.1) is 12.7 Å². The van der Waals surface area contributed by atoms with Gasteiger partial charge in [0.05, 0.1) is 5.69 Å². The number of hydrogen-bond acceptors (Lipinski definition) is 4. The molecule has 0 unspecified atom stereocenters. The van der Waals surface area contributed by atoms with E-state index >= 15 is 0 Å². The van der Waals surface area contributed by atoms with Gasteiger partial charge in [-0.1, -0.05) is 30.3 Å². The normalized spacial score (nSPS) is 10.8. The summed E-state index contributed by atoms with van der Waals surface area (Å²) in [6, 6.07) is 25.9. The van der Waals surface area contributed by atoms with E-state index in [-0.39, 0.29) is 5.82 Å². The number of hydrogen-bond donors (Lipinski definition) is 0. The molecule has 0 fully saturated rings. The SMILES string of the molecule is Cc1oc(-c2ccc(-c3ccncc3)cc2)nc1Cc1ccc(Oc2cccc(F)c2)cc1. The first-order valence-electron chi connectivity index (χ1n) is 10.6. The van der Waals surface area contributed by atoms with Crippen LogP contribution in [0.25, 0.3) is 22.6 Å². The Hall–Kier alpha value is -4.25. The average molecular weight is 436 g/mol. The first-order valence-corrected chi connectivity index (χ1v) is 10.6. The Morgan fingerprint density at radius 1 is 0.788 bits per heavy atom. The number of oxazole rings is 1. The van der Waals surface area contributed by atoms with Crippen LogP contribution in [-0.4, -0.2) is 9.97 Å². The highest BCUT2D eigenvalue weighted by Gasteiger charge is 2.12. The first kappa shape index (κ1) is 20.6. The molecule has 5 aromatic rings. The van der Waals surface area contributed by atoms with E-state index in [2.05, 4.69) is 17.1 Å². The third kappa shape index (κ3) is 4.83. The largest absolute Gasteiger partial charge is 0.457 e. The molecule has 0 saturated carbocycles. The summed E-state index contributed by atoms with van der Waals surface area (Å²) >= 11 is 0. The Labute approximate surface area is 191 Å². The van der Waals surface area contributed by atoms with Crippen molar-refractivity contribution in [1.82, 2.24) is 9.97 Å². The molecule has 0 amide bonds. The van der Waals surface area contributed by atoms with Gasteiger partial charge in [0.2, 0.25) is 5.89 Å². The molecule has 2 aromatic heterocycles. The monoisotopic (exact) mass is 436 g/mol. The fourth-order valence-corrected chi connectivity index (χ4v) is 3.60. The summed E-state index contributed by atoms with van der Waals surface area (Å²) in [6.07, 6.45) is 4.21. The first-order chi connectivity index (χ1) is 16.1. The highest BCUT2D eigenvalue weighted by atomic mass is 19.1. The maximum Gasteiger partial charge on any atom is 0.226 e. The van der Waals surface area contributed by atoms with E-state index in [1.54, 1.807) is 24.5 Å². The lowest BCUT2D eigenvalue weighted by Gasteiger charge is -2.06. The second-order valence-electron chi connectivity index (χ2n) is 7.72. The van der Waals surface area contributed by atoms with Crippen molar-refractivity contribution < 1.29 is 13.5 Å². The van der Waals surface area contributed by atoms with Gasteiger partial charge in [0.15, 0.2) is 0 Å². The number of ether oxygens (including phenoxy) is 1. The Bertz CT molecular complexity index is 1360. The number of nitrogens with zero attached hydrogens (tertiary/aromatic N) is 2. The minimum Gasteiger partial charge on any atom is -0.457 e. The quantitative estimate of drug-likeness (QED) is 0.282. The molecule has 0 aliphatic rings. The van der Waals surface area contributed by atoms with Gasteiger partial charge in [-0.3, -0.25) is 4.98 Å². The molecular weight excluding hydrogens is 415 g/mol. The molecule has 0 atom stereocenters. The zero-order valence-electron chi connectivity index (χ0n) is 18.0. The van der Waals surface area contributed by atoms with E-state index < -0.39 is 0 Å². The second kappa shape index (κ2) is 9.09. The number of aromatic nitrogens is 2. The molecule has 5 rings (SSSR count). The third-order valence-corrected chi connectivity index (χ3v) is 5.36. The van der Waals surface area contributed by atoms with Gasteiger partial charge in [-0.25, -0.2) is 9.37 Å². The van der Waals surface area contributed by atoms with Crippen LogP contribution in [0.1, 0.15) is 17.0 Å². The van der Waals surface area contributed by atoms with Crippen LogP contribution in [-0.2, 0) is 6.42 Å². The topological polar surface area (TPSA) is 48.2 Å². The van der Waals surface area contributed by atoms with E-state index in [1.165, 1.54) is 12.1 Å². The molecule has 162 valence electrons. The third-order valence-electron chi connectivity index (χ3n) is 5.36. The lowest BCUT2D eigenvalue weighted by atomic mass is 10.1. The molecule has 33 heavy (non-hydrogen) atoms. The van der Waals surface area contributed by atoms with Gasteiger partial charge >= 0.3 is 0 Å². The number of halogens is 1. The highest BCUT2D eigenvalue weighted by molar-refractivity contribution is 5.67. The van der Waals surface area contributed by atoms with Crippen molar-refractivity contribution in [2.24, 2.45) is 0 Å². The van der Waals surface area contributed by atoms with Crippen molar-refractivity contribution in [1.29, 1.82) is 0 Å². The van der Waals surface area contributed by atoms with Crippen LogP contribution in [0.2, 0.25) is 0 Å². The molecule has 4 nitrogen and oxygen atoms in total. The summed E-state index contributed by atoms with van der Waals surface area (Å²) in [7, 11) is 0. The molecule has 0 radical (unpaired) electrons. The van der Waals surface area contributed by atoms with Crippen molar-refractivity contribution >= 4 is 0 Å². The molecule has 0 aliphatic carbocycles. The van der Waals surface area contributed by atoms with E-state index in [0.29, 0.717) is 23.8 Å². The Balaban J connectivity index is 1.29. The van der Waals surface area contributed by atoms with Gasteiger partial charge in [0, 0.05) is 30.4 Å². The van der Waals surface area contributed by atoms with Gasteiger partial charge in [-0.05, 0) is 72.1 Å². The van der Waals surface area contributed by atoms with Gasteiger partial charge in [0.1, 0.15) is 23.1 Å². The molecule has 0 bridgehead atoms. The fraction of sp³-hybridized carbons (Fsp3) is 0.0714. The summed E-state index contributed by atoms with van der Waals surface area (Å²) in [5, 5.41) is 0. The molecule has 0 saturated heterocycles. The predicted molar refractivity (Wildman–Crippen MR) is 126 cm³/mol. The standard InChI is InChI=1S/C28H21FN2O2/c1-19-27(17-20-5-11-25(12-6-20)33-26-4-2-3-24(29)18-26)31-28(32-19)23-9-7-21(8-10-23)22-13-15-30-16-14-22/h2-16,18H,17H2,1H3. The van der Waals surface area contributed by atoms with E-state index in [0.717, 1.165) is 33.7 Å². The summed E-state index contributed by atoms with van der Waals surface area (Å²) in [6.45, 7) is 1.93. The molecule has 5 heteroatoms. The number of benzene rings is 3. The predicted octanol–water partition coefficient (Wildman–Crippen LogP) is 7.23. The lowest BCUT2D eigenvalue weighted by Crippen LogP contribution is -1.92. The van der Waals surface area contributed by atoms with Crippen LogP contribution in [0.3, 0.4) is 0 Å². The van der Waals surface area contributed by atoms with Crippen molar-refractivity contribution in [3.05, 3.63) is 120 Å². The minimum atomic E-state index is -0.326. The molecule has 3 aromatic carbocycles. The van der Waals surface area contributed by atoms with E-state index in [9.17, 15) is 4.39 Å². The summed E-state index contributed by atoms with van der Waals surface area (Å²) in [4.78, 5) is 8.79.